The number of hydrogen-bond acceptors (Lipinski definition) is 4. The third-order valence-corrected chi connectivity index (χ3v) is 4.13. The molecule has 3 atom stereocenters. The van der Waals surface area contributed by atoms with Crippen LogP contribution in [0.5, 0.6) is 0 Å². The van der Waals surface area contributed by atoms with Crippen LogP contribution in [0.15, 0.2) is 24.5 Å². The van der Waals surface area contributed by atoms with Crippen LogP contribution < -0.4 is 10.0 Å². The number of amides is 1. The smallest absolute Gasteiger partial charge is 0.339 e. The van der Waals surface area contributed by atoms with E-state index in [0.29, 0.717) is 10.6 Å². The third kappa shape index (κ3) is 4.19. The number of hydrogen-bond donors (Lipinski definition) is 1. The number of carbonyl (C=O) groups is 2. The topological polar surface area (TPSA) is 82.3 Å². The normalized spacial score (nSPS) is 22.6. The number of esters is 1. The van der Waals surface area contributed by atoms with Crippen molar-refractivity contribution in [3.63, 3.8) is 0 Å². The zero-order valence-corrected chi connectivity index (χ0v) is 13.0. The van der Waals surface area contributed by atoms with Gasteiger partial charge in [-0.2, -0.15) is 4.73 Å². The summed E-state index contributed by atoms with van der Waals surface area (Å²) in [6.45, 7) is 3.68. The predicted molar refractivity (Wildman–Crippen MR) is 79.8 cm³/mol. The fraction of sp³-hybridized carbons (Fsp3) is 0.562. The average molecular weight is 306 g/mol. The Bertz CT molecular complexity index is 529. The number of rotatable bonds is 4. The van der Waals surface area contributed by atoms with Crippen LogP contribution in [0.2, 0.25) is 0 Å². The summed E-state index contributed by atoms with van der Waals surface area (Å²) in [7, 11) is 0. The van der Waals surface area contributed by atoms with Crippen molar-refractivity contribution in [2.45, 2.75) is 51.7 Å². The Morgan fingerprint density at radius 1 is 1.32 bits per heavy atom. The minimum Gasteiger partial charge on any atom is -0.619 e. The van der Waals surface area contributed by atoms with E-state index in [2.05, 4.69) is 12.2 Å². The standard InChI is InChI=1S/C16H22N2O4/c1-11-5-3-4-6-14(11)17-15(19)12(2)22-16(20)13-7-9-18(21)10-8-13/h7-12,14H,3-6H2,1-2H3,(H,17,19)/t11-,12+,14-/m0/s1. The predicted octanol–water partition coefficient (Wildman–Crippen LogP) is 1.56. The van der Waals surface area contributed by atoms with Gasteiger partial charge >= 0.3 is 5.97 Å². The summed E-state index contributed by atoms with van der Waals surface area (Å²) in [4.78, 5) is 24.0. The van der Waals surface area contributed by atoms with Gasteiger partial charge in [-0.1, -0.05) is 19.8 Å². The second-order valence-electron chi connectivity index (χ2n) is 5.87. The molecule has 1 saturated carbocycles. The fourth-order valence-corrected chi connectivity index (χ4v) is 2.66. The molecule has 1 aromatic heterocycles. The van der Waals surface area contributed by atoms with E-state index in [0.717, 1.165) is 19.3 Å². The molecule has 0 spiro atoms. The second kappa shape index (κ2) is 7.24. The molecule has 1 fully saturated rings. The summed E-state index contributed by atoms with van der Waals surface area (Å²) in [5.74, 6) is -0.441. The molecule has 6 heteroatoms. The van der Waals surface area contributed by atoms with Gasteiger partial charge < -0.3 is 15.3 Å². The van der Waals surface area contributed by atoms with Crippen molar-refractivity contribution in [2.24, 2.45) is 5.92 Å². The second-order valence-corrected chi connectivity index (χ2v) is 5.87. The number of aromatic nitrogens is 1. The molecule has 6 nitrogen and oxygen atoms in total. The number of nitrogens with one attached hydrogen (secondary N) is 1. The molecule has 22 heavy (non-hydrogen) atoms. The highest BCUT2D eigenvalue weighted by Gasteiger charge is 2.26. The summed E-state index contributed by atoms with van der Waals surface area (Å²) in [6.07, 6.45) is 5.96. The Balaban J connectivity index is 1.87. The highest BCUT2D eigenvalue weighted by molar-refractivity contribution is 5.92. The quantitative estimate of drug-likeness (QED) is 0.520. The molecule has 2 rings (SSSR count). The van der Waals surface area contributed by atoms with Gasteiger partial charge in [0.2, 0.25) is 0 Å². The zero-order chi connectivity index (χ0) is 16.1. The van der Waals surface area contributed by atoms with Crippen LogP contribution in [0.1, 0.15) is 49.9 Å². The molecule has 0 radical (unpaired) electrons. The zero-order valence-electron chi connectivity index (χ0n) is 13.0. The first-order valence-corrected chi connectivity index (χ1v) is 7.67. The molecule has 1 aliphatic carbocycles. The maximum atomic E-state index is 12.1. The minimum atomic E-state index is -0.860. The molecule has 1 aromatic rings. The molecule has 1 heterocycles. The molecule has 120 valence electrons. The highest BCUT2D eigenvalue weighted by atomic mass is 16.5. The van der Waals surface area contributed by atoms with Crippen molar-refractivity contribution in [3.05, 3.63) is 35.3 Å². The lowest BCUT2D eigenvalue weighted by atomic mass is 9.86. The van der Waals surface area contributed by atoms with Gasteiger partial charge in [0.25, 0.3) is 5.91 Å². The molecule has 0 bridgehead atoms. The summed E-state index contributed by atoms with van der Waals surface area (Å²) in [5, 5.41) is 13.9. The molecule has 0 aromatic carbocycles. The summed E-state index contributed by atoms with van der Waals surface area (Å²) >= 11 is 0. The molecular weight excluding hydrogens is 284 g/mol. The monoisotopic (exact) mass is 306 g/mol. The Morgan fingerprint density at radius 2 is 1.95 bits per heavy atom. The number of ether oxygens (including phenoxy) is 1. The SMILES string of the molecule is C[C@@H](OC(=O)c1cc[n+]([O-])cc1)C(=O)N[C@H]1CCCC[C@@H]1C. The molecule has 1 aliphatic rings. The number of carbonyl (C=O) groups excluding carboxylic acids is 2. The molecule has 0 unspecified atom stereocenters. The van der Waals surface area contributed by atoms with Crippen LogP contribution in [-0.4, -0.2) is 24.0 Å². The highest BCUT2D eigenvalue weighted by Crippen LogP contribution is 2.23. The molecule has 1 N–H and O–H groups in total. The Morgan fingerprint density at radius 3 is 2.59 bits per heavy atom. The Hall–Kier alpha value is -2.11. The summed E-state index contributed by atoms with van der Waals surface area (Å²) in [5.41, 5.74) is 0.248. The van der Waals surface area contributed by atoms with Crippen molar-refractivity contribution >= 4 is 11.9 Å². The van der Waals surface area contributed by atoms with Crippen LogP contribution in [0.25, 0.3) is 0 Å². The van der Waals surface area contributed by atoms with Gasteiger partial charge in [0.15, 0.2) is 18.5 Å². The Kier molecular flexibility index (Phi) is 5.35. The summed E-state index contributed by atoms with van der Waals surface area (Å²) in [6, 6.07) is 2.88. The van der Waals surface area contributed by atoms with E-state index in [1.165, 1.54) is 30.9 Å². The van der Waals surface area contributed by atoms with E-state index >= 15 is 0 Å². The largest absolute Gasteiger partial charge is 0.619 e. The van der Waals surface area contributed by atoms with Gasteiger partial charge in [0.1, 0.15) is 0 Å². The van der Waals surface area contributed by atoms with Gasteiger partial charge in [-0.15, -0.1) is 0 Å². The molecule has 1 amide bonds. The maximum absolute atomic E-state index is 12.1. The van der Waals surface area contributed by atoms with E-state index in [9.17, 15) is 14.8 Å². The maximum Gasteiger partial charge on any atom is 0.339 e. The summed E-state index contributed by atoms with van der Waals surface area (Å²) < 4.78 is 5.73. The number of pyridine rings is 1. The molecule has 0 aliphatic heterocycles. The molecular formula is C16H22N2O4. The van der Waals surface area contributed by atoms with E-state index in [1.807, 2.05) is 0 Å². The first kappa shape index (κ1) is 16.3. The van der Waals surface area contributed by atoms with Gasteiger partial charge in [-0.3, -0.25) is 4.79 Å². The average Bonchev–Trinajstić information content (AvgIpc) is 2.50. The molecule has 0 saturated heterocycles. The van der Waals surface area contributed by atoms with Crippen LogP contribution in [0.4, 0.5) is 0 Å². The van der Waals surface area contributed by atoms with Crippen LogP contribution in [0.3, 0.4) is 0 Å². The lowest BCUT2D eigenvalue weighted by Crippen LogP contribution is -2.46. The van der Waals surface area contributed by atoms with E-state index in [4.69, 9.17) is 4.74 Å². The van der Waals surface area contributed by atoms with E-state index in [-0.39, 0.29) is 17.5 Å². The van der Waals surface area contributed by atoms with Crippen molar-refractivity contribution in [2.75, 3.05) is 0 Å². The fourth-order valence-electron chi connectivity index (χ4n) is 2.66. The van der Waals surface area contributed by atoms with Gasteiger partial charge in [0, 0.05) is 18.2 Å². The van der Waals surface area contributed by atoms with Gasteiger partial charge in [-0.25, -0.2) is 4.79 Å². The van der Waals surface area contributed by atoms with Crippen LogP contribution in [-0.2, 0) is 9.53 Å². The minimum absolute atomic E-state index is 0.151. The van der Waals surface area contributed by atoms with Crippen molar-refractivity contribution in [3.8, 4) is 0 Å². The van der Waals surface area contributed by atoms with Crippen LogP contribution >= 0.6 is 0 Å². The van der Waals surface area contributed by atoms with Gasteiger partial charge in [-0.05, 0) is 25.7 Å². The first-order chi connectivity index (χ1) is 10.5. The van der Waals surface area contributed by atoms with E-state index < -0.39 is 12.1 Å². The number of nitrogens with zero attached hydrogens (tertiary/aromatic N) is 1. The van der Waals surface area contributed by atoms with Crippen LogP contribution in [0, 0.1) is 11.1 Å². The Labute approximate surface area is 130 Å². The lowest BCUT2D eigenvalue weighted by Gasteiger charge is -2.30. The van der Waals surface area contributed by atoms with Crippen molar-refractivity contribution in [1.29, 1.82) is 0 Å². The third-order valence-electron chi connectivity index (χ3n) is 4.13. The lowest BCUT2D eigenvalue weighted by molar-refractivity contribution is -0.605. The van der Waals surface area contributed by atoms with E-state index in [1.54, 1.807) is 6.92 Å². The first-order valence-electron chi connectivity index (χ1n) is 7.67. The van der Waals surface area contributed by atoms with Gasteiger partial charge in [0.05, 0.1) is 5.56 Å². The van der Waals surface area contributed by atoms with Crippen molar-refractivity contribution < 1.29 is 19.1 Å². The van der Waals surface area contributed by atoms with Crippen molar-refractivity contribution in [1.82, 2.24) is 5.32 Å².